The summed E-state index contributed by atoms with van der Waals surface area (Å²) in [7, 11) is 1.86. The lowest BCUT2D eigenvalue weighted by atomic mass is 10.1. The van der Waals surface area contributed by atoms with Gasteiger partial charge in [0.15, 0.2) is 6.29 Å². The molecule has 0 bridgehead atoms. The Labute approximate surface area is 122 Å². The first kappa shape index (κ1) is 13.3. The van der Waals surface area contributed by atoms with Crippen molar-refractivity contribution in [2.75, 3.05) is 0 Å². The number of hydrogen-bond acceptors (Lipinski definition) is 3. The zero-order valence-corrected chi connectivity index (χ0v) is 12.2. The number of carbonyl (C=O) groups is 1. The average Bonchev–Trinajstić information content (AvgIpc) is 3.02. The molecule has 0 unspecified atom stereocenters. The summed E-state index contributed by atoms with van der Waals surface area (Å²) in [4.78, 5) is 11.3. The quantitative estimate of drug-likeness (QED) is 0.693. The lowest BCUT2D eigenvalue weighted by Gasteiger charge is -2.01. The highest BCUT2D eigenvalue weighted by Gasteiger charge is 2.15. The van der Waals surface area contributed by atoms with Crippen LogP contribution in [0.3, 0.4) is 0 Å². The molecule has 21 heavy (non-hydrogen) atoms. The van der Waals surface area contributed by atoms with Crippen molar-refractivity contribution in [2.24, 2.45) is 7.05 Å². The van der Waals surface area contributed by atoms with E-state index in [2.05, 4.69) is 10.2 Å². The number of aryl methyl sites for hydroxylation is 3. The molecule has 5 nitrogen and oxygen atoms in total. The van der Waals surface area contributed by atoms with Crippen molar-refractivity contribution >= 4 is 6.29 Å². The maximum atomic E-state index is 11.3. The zero-order valence-electron chi connectivity index (χ0n) is 12.2. The molecule has 3 aromatic rings. The van der Waals surface area contributed by atoms with Gasteiger partial charge in [0.25, 0.3) is 0 Å². The van der Waals surface area contributed by atoms with Gasteiger partial charge in [-0.1, -0.05) is 17.7 Å². The fraction of sp³-hybridized carbons (Fsp3) is 0.188. The van der Waals surface area contributed by atoms with Crippen molar-refractivity contribution < 1.29 is 4.79 Å². The monoisotopic (exact) mass is 280 g/mol. The summed E-state index contributed by atoms with van der Waals surface area (Å²) in [5.74, 6) is 0. The van der Waals surface area contributed by atoms with E-state index in [4.69, 9.17) is 0 Å². The van der Waals surface area contributed by atoms with Gasteiger partial charge in [0, 0.05) is 25.0 Å². The Morgan fingerprint density at radius 1 is 1.05 bits per heavy atom. The summed E-state index contributed by atoms with van der Waals surface area (Å²) in [6.07, 6.45) is 4.46. The molecule has 0 saturated heterocycles. The fourth-order valence-electron chi connectivity index (χ4n) is 2.34. The van der Waals surface area contributed by atoms with Gasteiger partial charge in [0.2, 0.25) is 0 Å². The van der Waals surface area contributed by atoms with Crippen LogP contribution in [0.5, 0.6) is 0 Å². The summed E-state index contributed by atoms with van der Waals surface area (Å²) in [5.41, 5.74) is 5.07. The molecule has 5 heteroatoms. The summed E-state index contributed by atoms with van der Waals surface area (Å²) < 4.78 is 3.45. The Balaban J connectivity index is 2.12. The predicted octanol–water partition coefficient (Wildman–Crippen LogP) is 2.70. The van der Waals surface area contributed by atoms with Crippen LogP contribution in [0.15, 0.2) is 36.7 Å². The second-order valence-corrected chi connectivity index (χ2v) is 5.13. The Morgan fingerprint density at radius 3 is 2.33 bits per heavy atom. The van der Waals surface area contributed by atoms with Crippen LogP contribution in [0.4, 0.5) is 0 Å². The molecule has 3 rings (SSSR count). The average molecular weight is 280 g/mol. The van der Waals surface area contributed by atoms with Crippen LogP contribution in [0.1, 0.15) is 21.6 Å². The third-order valence-corrected chi connectivity index (χ3v) is 3.44. The fourth-order valence-corrected chi connectivity index (χ4v) is 2.34. The lowest BCUT2D eigenvalue weighted by Crippen LogP contribution is -1.94. The van der Waals surface area contributed by atoms with Gasteiger partial charge in [-0.15, -0.1) is 0 Å². The van der Waals surface area contributed by atoms with E-state index >= 15 is 0 Å². The highest BCUT2D eigenvalue weighted by atomic mass is 16.1. The number of benzene rings is 1. The van der Waals surface area contributed by atoms with Crippen LogP contribution >= 0.6 is 0 Å². The Bertz CT molecular complexity index is 796. The molecular weight excluding hydrogens is 264 g/mol. The first-order valence-corrected chi connectivity index (χ1v) is 6.71. The van der Waals surface area contributed by atoms with Gasteiger partial charge in [-0.3, -0.25) is 9.48 Å². The van der Waals surface area contributed by atoms with Gasteiger partial charge in [0.1, 0.15) is 5.69 Å². The molecule has 0 aliphatic heterocycles. The Hall–Kier alpha value is -2.69. The van der Waals surface area contributed by atoms with Crippen LogP contribution in [0.2, 0.25) is 0 Å². The molecule has 0 amide bonds. The lowest BCUT2D eigenvalue weighted by molar-refractivity contribution is 0.112. The molecule has 1 aromatic carbocycles. The normalized spacial score (nSPS) is 10.8. The summed E-state index contributed by atoms with van der Waals surface area (Å²) in [6.45, 7) is 3.95. The third kappa shape index (κ3) is 2.38. The maximum Gasteiger partial charge on any atom is 0.153 e. The maximum absolute atomic E-state index is 11.3. The number of rotatable bonds is 3. The van der Waals surface area contributed by atoms with Gasteiger partial charge < -0.3 is 0 Å². The standard InChI is InChI=1S/C16H16N4O/c1-11-4-6-14(7-5-11)20-8-13(10-21)16(18-20)15-9-19(3)17-12(15)2/h4-10H,1-3H3. The molecule has 0 aliphatic rings. The van der Waals surface area contributed by atoms with E-state index in [1.54, 1.807) is 15.6 Å². The van der Waals surface area contributed by atoms with Gasteiger partial charge in [-0.25, -0.2) is 4.68 Å². The van der Waals surface area contributed by atoms with Gasteiger partial charge in [-0.05, 0) is 26.0 Å². The number of carbonyl (C=O) groups excluding carboxylic acids is 1. The molecule has 2 aromatic heterocycles. The molecule has 0 radical (unpaired) electrons. The van der Waals surface area contributed by atoms with E-state index in [-0.39, 0.29) is 0 Å². The molecule has 0 fully saturated rings. The topological polar surface area (TPSA) is 52.7 Å². The highest BCUT2D eigenvalue weighted by molar-refractivity contribution is 5.86. The van der Waals surface area contributed by atoms with E-state index < -0.39 is 0 Å². The first-order valence-electron chi connectivity index (χ1n) is 6.71. The number of aromatic nitrogens is 4. The largest absolute Gasteiger partial charge is 0.298 e. The third-order valence-electron chi connectivity index (χ3n) is 3.44. The molecule has 0 saturated carbocycles. The van der Waals surface area contributed by atoms with E-state index in [9.17, 15) is 4.79 Å². The Kier molecular flexibility index (Phi) is 3.17. The van der Waals surface area contributed by atoms with E-state index in [0.717, 1.165) is 23.2 Å². The second-order valence-electron chi connectivity index (χ2n) is 5.13. The molecule has 2 heterocycles. The summed E-state index contributed by atoms with van der Waals surface area (Å²) in [6, 6.07) is 8.01. The molecule has 106 valence electrons. The molecule has 0 atom stereocenters. The first-order chi connectivity index (χ1) is 10.1. The number of nitrogens with zero attached hydrogens (tertiary/aromatic N) is 4. The number of aldehydes is 1. The van der Waals surface area contributed by atoms with Gasteiger partial charge in [0.05, 0.1) is 16.9 Å². The SMILES string of the molecule is Cc1ccc(-n2cc(C=O)c(-c3cn(C)nc3C)n2)cc1. The summed E-state index contributed by atoms with van der Waals surface area (Å²) in [5, 5.41) is 8.87. The highest BCUT2D eigenvalue weighted by Crippen LogP contribution is 2.25. The van der Waals surface area contributed by atoms with Crippen molar-refractivity contribution in [1.82, 2.24) is 19.6 Å². The van der Waals surface area contributed by atoms with Crippen molar-refractivity contribution in [3.8, 4) is 16.9 Å². The van der Waals surface area contributed by atoms with Crippen LogP contribution in [-0.2, 0) is 7.05 Å². The minimum Gasteiger partial charge on any atom is -0.298 e. The van der Waals surface area contributed by atoms with E-state index in [1.807, 2.05) is 51.4 Å². The molecular formula is C16H16N4O. The van der Waals surface area contributed by atoms with Crippen LogP contribution in [0.25, 0.3) is 16.9 Å². The smallest absolute Gasteiger partial charge is 0.153 e. The van der Waals surface area contributed by atoms with Crippen LogP contribution in [-0.4, -0.2) is 25.8 Å². The van der Waals surface area contributed by atoms with Gasteiger partial charge >= 0.3 is 0 Å². The van der Waals surface area contributed by atoms with Crippen molar-refractivity contribution in [3.05, 3.63) is 53.5 Å². The molecule has 0 aliphatic carbocycles. The van der Waals surface area contributed by atoms with Crippen LogP contribution < -0.4 is 0 Å². The number of hydrogen-bond donors (Lipinski definition) is 0. The zero-order chi connectivity index (χ0) is 15.0. The van der Waals surface area contributed by atoms with Gasteiger partial charge in [-0.2, -0.15) is 10.2 Å². The predicted molar refractivity (Wildman–Crippen MR) is 80.6 cm³/mol. The minimum atomic E-state index is 0.562. The van der Waals surface area contributed by atoms with Crippen molar-refractivity contribution in [2.45, 2.75) is 13.8 Å². The van der Waals surface area contributed by atoms with Crippen LogP contribution in [0, 0.1) is 13.8 Å². The van der Waals surface area contributed by atoms with E-state index in [0.29, 0.717) is 11.3 Å². The molecule has 0 N–H and O–H groups in total. The second kappa shape index (κ2) is 5.01. The summed E-state index contributed by atoms with van der Waals surface area (Å²) >= 11 is 0. The molecule has 0 spiro atoms. The Morgan fingerprint density at radius 2 is 1.76 bits per heavy atom. The van der Waals surface area contributed by atoms with E-state index in [1.165, 1.54) is 5.56 Å². The minimum absolute atomic E-state index is 0.562. The van der Waals surface area contributed by atoms with Crippen molar-refractivity contribution in [1.29, 1.82) is 0 Å². The van der Waals surface area contributed by atoms with Crippen molar-refractivity contribution in [3.63, 3.8) is 0 Å².